The van der Waals surface area contributed by atoms with E-state index in [1.807, 2.05) is 32.0 Å². The first-order chi connectivity index (χ1) is 7.58. The van der Waals surface area contributed by atoms with Crippen LogP contribution in [0.2, 0.25) is 0 Å². The minimum atomic E-state index is -0.484. The third kappa shape index (κ3) is 1.97. The van der Waals surface area contributed by atoms with Crippen molar-refractivity contribution in [1.29, 1.82) is 0 Å². The molecule has 4 nitrogen and oxygen atoms in total. The predicted octanol–water partition coefficient (Wildman–Crippen LogP) is 1.94. The molecule has 84 valence electrons. The molecule has 2 aromatic heterocycles. The van der Waals surface area contributed by atoms with Crippen LogP contribution in [0, 0.1) is 13.8 Å². The number of aliphatic hydroxyl groups is 1. The maximum absolute atomic E-state index is 9.38. The van der Waals surface area contributed by atoms with E-state index in [1.54, 1.807) is 17.8 Å². The molecule has 4 heteroatoms. The van der Waals surface area contributed by atoms with Gasteiger partial charge < -0.3 is 5.11 Å². The molecule has 1 unspecified atom stereocenters. The van der Waals surface area contributed by atoms with Gasteiger partial charge in [-0.15, -0.1) is 0 Å². The number of hydrogen-bond donors (Lipinski definition) is 1. The number of aliphatic hydroxyl groups excluding tert-OH is 1. The summed E-state index contributed by atoms with van der Waals surface area (Å²) in [6.45, 7) is 5.66. The first kappa shape index (κ1) is 10.8. The molecule has 0 aliphatic carbocycles. The Morgan fingerprint density at radius 2 is 2.06 bits per heavy atom. The number of rotatable bonds is 2. The van der Waals surface area contributed by atoms with Gasteiger partial charge in [0.25, 0.3) is 0 Å². The van der Waals surface area contributed by atoms with Gasteiger partial charge in [0.1, 0.15) is 0 Å². The van der Waals surface area contributed by atoms with Gasteiger partial charge in [0.05, 0.1) is 11.8 Å². The number of aromatic nitrogens is 3. The van der Waals surface area contributed by atoms with Crippen LogP contribution in [0.15, 0.2) is 24.4 Å². The van der Waals surface area contributed by atoms with Crippen molar-refractivity contribution >= 4 is 0 Å². The van der Waals surface area contributed by atoms with Crippen LogP contribution in [-0.2, 0) is 0 Å². The van der Waals surface area contributed by atoms with Gasteiger partial charge in [0, 0.05) is 11.9 Å². The summed E-state index contributed by atoms with van der Waals surface area (Å²) >= 11 is 0. The highest BCUT2D eigenvalue weighted by atomic mass is 16.3. The van der Waals surface area contributed by atoms with Gasteiger partial charge in [-0.05, 0) is 38.5 Å². The van der Waals surface area contributed by atoms with Gasteiger partial charge in [-0.2, -0.15) is 5.10 Å². The zero-order valence-corrected chi connectivity index (χ0v) is 9.68. The molecular formula is C12H15N3O. The van der Waals surface area contributed by atoms with Crippen molar-refractivity contribution in [1.82, 2.24) is 14.8 Å². The monoisotopic (exact) mass is 217 g/mol. The van der Waals surface area contributed by atoms with Gasteiger partial charge in [0.2, 0.25) is 0 Å². The van der Waals surface area contributed by atoms with E-state index in [2.05, 4.69) is 10.1 Å². The average Bonchev–Trinajstić information content (AvgIpc) is 2.58. The molecule has 0 amide bonds. The van der Waals surface area contributed by atoms with Crippen molar-refractivity contribution < 1.29 is 5.11 Å². The fraction of sp³-hybridized carbons (Fsp3) is 0.333. The van der Waals surface area contributed by atoms with Gasteiger partial charge in [-0.1, -0.05) is 6.07 Å². The molecule has 0 aromatic carbocycles. The molecule has 0 saturated heterocycles. The van der Waals surface area contributed by atoms with Crippen LogP contribution in [0.5, 0.6) is 0 Å². The number of nitrogens with zero attached hydrogens (tertiary/aromatic N) is 3. The van der Waals surface area contributed by atoms with E-state index in [1.165, 1.54) is 0 Å². The quantitative estimate of drug-likeness (QED) is 0.836. The summed E-state index contributed by atoms with van der Waals surface area (Å²) in [6.07, 6.45) is 1.19. The number of pyridine rings is 1. The van der Waals surface area contributed by atoms with E-state index in [4.69, 9.17) is 0 Å². The Hall–Kier alpha value is -1.68. The second kappa shape index (κ2) is 4.06. The van der Waals surface area contributed by atoms with Crippen LogP contribution in [0.1, 0.15) is 30.0 Å². The zero-order chi connectivity index (χ0) is 11.7. The lowest BCUT2D eigenvalue weighted by Gasteiger charge is -2.06. The Morgan fingerprint density at radius 3 is 2.50 bits per heavy atom. The van der Waals surface area contributed by atoms with Crippen molar-refractivity contribution in [3.63, 3.8) is 0 Å². The number of aryl methyl sites for hydroxylation is 2. The van der Waals surface area contributed by atoms with E-state index < -0.39 is 6.10 Å². The largest absolute Gasteiger partial charge is 0.389 e. The predicted molar refractivity (Wildman–Crippen MR) is 61.5 cm³/mol. The molecule has 1 N–H and O–H groups in total. The van der Waals surface area contributed by atoms with Gasteiger partial charge in [-0.3, -0.25) is 0 Å². The lowest BCUT2D eigenvalue weighted by molar-refractivity contribution is 0.199. The van der Waals surface area contributed by atoms with Crippen LogP contribution >= 0.6 is 0 Å². The normalized spacial score (nSPS) is 12.8. The summed E-state index contributed by atoms with van der Waals surface area (Å²) in [5.41, 5.74) is 2.83. The summed E-state index contributed by atoms with van der Waals surface area (Å²) in [5.74, 6) is 0.773. The van der Waals surface area contributed by atoms with E-state index in [9.17, 15) is 5.11 Å². The smallest absolute Gasteiger partial charge is 0.153 e. The highest BCUT2D eigenvalue weighted by Crippen LogP contribution is 2.14. The van der Waals surface area contributed by atoms with Crippen LogP contribution in [0.4, 0.5) is 0 Å². The molecule has 0 saturated carbocycles. The van der Waals surface area contributed by atoms with Crippen molar-refractivity contribution in [3.8, 4) is 5.82 Å². The standard InChI is InChI=1S/C12H15N3O/c1-8-6-9(2)15(14-8)12-5-4-11(7-13-12)10(3)16/h4-7,10,16H,1-3H3. The minimum Gasteiger partial charge on any atom is -0.389 e. The SMILES string of the molecule is Cc1cc(C)n(-c2ccc(C(C)O)cn2)n1. The molecule has 2 heterocycles. The molecule has 0 aliphatic heterocycles. The Labute approximate surface area is 94.6 Å². The molecule has 0 spiro atoms. The highest BCUT2D eigenvalue weighted by molar-refractivity contribution is 5.28. The molecule has 0 bridgehead atoms. The Bertz CT molecular complexity index is 485. The molecule has 1 atom stereocenters. The third-order valence-electron chi connectivity index (χ3n) is 2.48. The van der Waals surface area contributed by atoms with Crippen LogP contribution < -0.4 is 0 Å². The van der Waals surface area contributed by atoms with E-state index in [0.717, 1.165) is 22.8 Å². The molecule has 0 aliphatic rings. The first-order valence-electron chi connectivity index (χ1n) is 5.25. The maximum atomic E-state index is 9.38. The third-order valence-corrected chi connectivity index (χ3v) is 2.48. The van der Waals surface area contributed by atoms with Gasteiger partial charge in [-0.25, -0.2) is 9.67 Å². The fourth-order valence-electron chi connectivity index (χ4n) is 1.63. The molecule has 2 rings (SSSR count). The summed E-state index contributed by atoms with van der Waals surface area (Å²) in [6, 6.07) is 5.73. The zero-order valence-electron chi connectivity index (χ0n) is 9.68. The van der Waals surface area contributed by atoms with Gasteiger partial charge >= 0.3 is 0 Å². The Balaban J connectivity index is 2.38. The summed E-state index contributed by atoms with van der Waals surface area (Å²) in [5, 5.41) is 13.7. The van der Waals surface area contributed by atoms with E-state index in [-0.39, 0.29) is 0 Å². The Morgan fingerprint density at radius 1 is 1.31 bits per heavy atom. The van der Waals surface area contributed by atoms with Crippen molar-refractivity contribution in [2.45, 2.75) is 26.9 Å². The molecule has 0 fully saturated rings. The van der Waals surface area contributed by atoms with Crippen molar-refractivity contribution in [2.75, 3.05) is 0 Å². The van der Waals surface area contributed by atoms with Gasteiger partial charge in [0.15, 0.2) is 5.82 Å². The maximum Gasteiger partial charge on any atom is 0.153 e. The second-order valence-corrected chi connectivity index (χ2v) is 3.96. The second-order valence-electron chi connectivity index (χ2n) is 3.96. The van der Waals surface area contributed by atoms with Crippen molar-refractivity contribution in [3.05, 3.63) is 41.3 Å². The average molecular weight is 217 g/mol. The Kier molecular flexibility index (Phi) is 2.75. The molecule has 0 radical (unpaired) electrons. The van der Waals surface area contributed by atoms with Crippen LogP contribution in [0.25, 0.3) is 5.82 Å². The molecule has 16 heavy (non-hydrogen) atoms. The summed E-state index contributed by atoms with van der Waals surface area (Å²) < 4.78 is 1.79. The van der Waals surface area contributed by atoms with Crippen LogP contribution in [-0.4, -0.2) is 19.9 Å². The summed E-state index contributed by atoms with van der Waals surface area (Å²) in [7, 11) is 0. The highest BCUT2D eigenvalue weighted by Gasteiger charge is 2.06. The lowest BCUT2D eigenvalue weighted by atomic mass is 10.2. The fourth-order valence-corrected chi connectivity index (χ4v) is 1.63. The summed E-state index contributed by atoms with van der Waals surface area (Å²) in [4.78, 5) is 4.28. The topological polar surface area (TPSA) is 50.9 Å². The van der Waals surface area contributed by atoms with Crippen molar-refractivity contribution in [2.24, 2.45) is 0 Å². The van der Waals surface area contributed by atoms with E-state index in [0.29, 0.717) is 0 Å². The molecular weight excluding hydrogens is 202 g/mol. The first-order valence-corrected chi connectivity index (χ1v) is 5.25. The minimum absolute atomic E-state index is 0.484. The van der Waals surface area contributed by atoms with E-state index >= 15 is 0 Å². The van der Waals surface area contributed by atoms with Crippen LogP contribution in [0.3, 0.4) is 0 Å². The molecule has 2 aromatic rings. The lowest BCUT2D eigenvalue weighted by Crippen LogP contribution is -2.02. The number of hydrogen-bond acceptors (Lipinski definition) is 3.